The summed E-state index contributed by atoms with van der Waals surface area (Å²) in [7, 11) is 0. The molecular formula is C12H11BrN2O2S. The number of aliphatic carboxylic acids is 1. The van der Waals surface area contributed by atoms with E-state index in [4.69, 9.17) is 5.11 Å². The fourth-order valence-electron chi connectivity index (χ4n) is 1.32. The quantitative estimate of drug-likeness (QED) is 0.939. The molecule has 0 bridgehead atoms. The van der Waals surface area contributed by atoms with Crippen LogP contribution < -0.4 is 0 Å². The normalized spacial score (nSPS) is 11.5. The zero-order chi connectivity index (χ0) is 13.3. The highest BCUT2D eigenvalue weighted by Gasteiger charge is 2.32. The van der Waals surface area contributed by atoms with Gasteiger partial charge in [0.15, 0.2) is 0 Å². The molecule has 2 aromatic heterocycles. The van der Waals surface area contributed by atoms with Gasteiger partial charge in [-0.3, -0.25) is 9.78 Å². The third-order valence-corrected chi connectivity index (χ3v) is 4.13. The number of hydrogen-bond acceptors (Lipinski definition) is 4. The van der Waals surface area contributed by atoms with Crippen LogP contribution in [0.5, 0.6) is 0 Å². The largest absolute Gasteiger partial charge is 0.481 e. The van der Waals surface area contributed by atoms with Crippen molar-refractivity contribution in [1.82, 2.24) is 9.97 Å². The van der Waals surface area contributed by atoms with Crippen LogP contribution in [0.2, 0.25) is 0 Å². The van der Waals surface area contributed by atoms with Gasteiger partial charge in [-0.2, -0.15) is 0 Å². The Morgan fingerprint density at radius 1 is 1.50 bits per heavy atom. The number of carboxylic acid groups (broad SMARTS) is 1. The molecule has 0 aliphatic rings. The summed E-state index contributed by atoms with van der Waals surface area (Å²) < 4.78 is 0.846. The third kappa shape index (κ3) is 2.30. The van der Waals surface area contributed by atoms with Gasteiger partial charge in [-0.1, -0.05) is 0 Å². The summed E-state index contributed by atoms with van der Waals surface area (Å²) in [6.45, 7) is 3.28. The molecule has 0 radical (unpaired) electrons. The zero-order valence-corrected chi connectivity index (χ0v) is 12.2. The van der Waals surface area contributed by atoms with Gasteiger partial charge >= 0.3 is 5.97 Å². The molecule has 0 saturated carbocycles. The molecule has 0 saturated heterocycles. The SMILES string of the molecule is CC(C)(C(=O)O)c1csc(-c2ncccc2Br)n1. The van der Waals surface area contributed by atoms with E-state index in [0.717, 1.165) is 10.2 Å². The molecule has 0 aliphatic heterocycles. The van der Waals surface area contributed by atoms with Crippen molar-refractivity contribution < 1.29 is 9.90 Å². The van der Waals surface area contributed by atoms with E-state index in [-0.39, 0.29) is 0 Å². The fraction of sp³-hybridized carbons (Fsp3) is 0.250. The van der Waals surface area contributed by atoms with Gasteiger partial charge in [0.2, 0.25) is 0 Å². The molecule has 0 aromatic carbocycles. The molecule has 4 nitrogen and oxygen atoms in total. The van der Waals surface area contributed by atoms with Crippen LogP contribution in [-0.2, 0) is 10.2 Å². The smallest absolute Gasteiger partial charge is 0.315 e. The second-order valence-corrected chi connectivity index (χ2v) is 6.01. The first-order valence-corrected chi connectivity index (χ1v) is 6.90. The number of carboxylic acids is 1. The number of hydrogen-bond donors (Lipinski definition) is 1. The molecule has 0 aliphatic carbocycles. The Kier molecular flexibility index (Phi) is 3.49. The van der Waals surface area contributed by atoms with Crippen molar-refractivity contribution in [1.29, 1.82) is 0 Å². The van der Waals surface area contributed by atoms with Crippen LogP contribution in [0.25, 0.3) is 10.7 Å². The van der Waals surface area contributed by atoms with Gasteiger partial charge in [0.1, 0.15) is 16.1 Å². The van der Waals surface area contributed by atoms with Crippen LogP contribution in [0.15, 0.2) is 28.2 Å². The van der Waals surface area contributed by atoms with Gasteiger partial charge in [-0.25, -0.2) is 4.98 Å². The Morgan fingerprint density at radius 2 is 2.22 bits per heavy atom. The Hall–Kier alpha value is -1.27. The summed E-state index contributed by atoms with van der Waals surface area (Å²) in [5.74, 6) is -0.889. The second-order valence-electron chi connectivity index (χ2n) is 4.30. The van der Waals surface area contributed by atoms with Crippen LogP contribution in [0.1, 0.15) is 19.5 Å². The van der Waals surface area contributed by atoms with Gasteiger partial charge in [0.25, 0.3) is 0 Å². The van der Waals surface area contributed by atoms with Crippen LogP contribution in [-0.4, -0.2) is 21.0 Å². The molecule has 6 heteroatoms. The molecular weight excluding hydrogens is 316 g/mol. The van der Waals surface area contributed by atoms with E-state index in [9.17, 15) is 4.79 Å². The lowest BCUT2D eigenvalue weighted by atomic mass is 9.90. The lowest BCUT2D eigenvalue weighted by Crippen LogP contribution is -2.28. The van der Waals surface area contributed by atoms with Crippen molar-refractivity contribution in [2.24, 2.45) is 0 Å². The molecule has 18 heavy (non-hydrogen) atoms. The summed E-state index contributed by atoms with van der Waals surface area (Å²) in [5, 5.41) is 11.7. The Labute approximate surface area is 117 Å². The number of rotatable bonds is 3. The molecule has 0 fully saturated rings. The first-order valence-electron chi connectivity index (χ1n) is 5.23. The molecule has 0 atom stereocenters. The summed E-state index contributed by atoms with van der Waals surface area (Å²) >= 11 is 4.80. The van der Waals surface area contributed by atoms with E-state index in [0.29, 0.717) is 10.7 Å². The van der Waals surface area contributed by atoms with Crippen molar-refractivity contribution in [3.8, 4) is 10.7 Å². The molecule has 2 rings (SSSR count). The van der Waals surface area contributed by atoms with Crippen molar-refractivity contribution >= 4 is 33.2 Å². The molecule has 0 amide bonds. The maximum Gasteiger partial charge on any atom is 0.315 e. The Bertz CT molecular complexity index is 595. The summed E-state index contributed by atoms with van der Waals surface area (Å²) in [4.78, 5) is 19.8. The topological polar surface area (TPSA) is 63.1 Å². The predicted molar refractivity (Wildman–Crippen MR) is 73.7 cm³/mol. The van der Waals surface area contributed by atoms with Crippen LogP contribution >= 0.6 is 27.3 Å². The second kappa shape index (κ2) is 4.78. The van der Waals surface area contributed by atoms with Crippen molar-refractivity contribution in [2.75, 3.05) is 0 Å². The number of nitrogens with zero attached hydrogens (tertiary/aromatic N) is 2. The minimum atomic E-state index is -0.990. The van der Waals surface area contributed by atoms with Gasteiger partial charge in [-0.05, 0) is 41.9 Å². The predicted octanol–water partition coefficient (Wildman–Crippen LogP) is 3.33. The highest BCUT2D eigenvalue weighted by molar-refractivity contribution is 9.10. The molecule has 0 spiro atoms. The zero-order valence-electron chi connectivity index (χ0n) is 9.85. The fourth-order valence-corrected chi connectivity index (χ4v) is 2.89. The molecule has 0 unspecified atom stereocenters. The monoisotopic (exact) mass is 326 g/mol. The molecule has 1 N–H and O–H groups in total. The van der Waals surface area contributed by atoms with E-state index < -0.39 is 11.4 Å². The summed E-state index contributed by atoms with van der Waals surface area (Å²) in [6, 6.07) is 3.70. The van der Waals surface area contributed by atoms with Gasteiger partial charge in [0.05, 0.1) is 5.69 Å². The van der Waals surface area contributed by atoms with E-state index in [2.05, 4.69) is 25.9 Å². The summed E-state index contributed by atoms with van der Waals surface area (Å²) in [6.07, 6.45) is 1.68. The van der Waals surface area contributed by atoms with Gasteiger partial charge in [-0.15, -0.1) is 11.3 Å². The molecule has 2 aromatic rings. The van der Waals surface area contributed by atoms with E-state index in [1.54, 1.807) is 25.4 Å². The van der Waals surface area contributed by atoms with Crippen LogP contribution in [0.4, 0.5) is 0 Å². The first kappa shape index (κ1) is 13.2. The van der Waals surface area contributed by atoms with Crippen LogP contribution in [0, 0.1) is 0 Å². The minimum absolute atomic E-state index is 0.549. The van der Waals surface area contributed by atoms with Crippen molar-refractivity contribution in [3.63, 3.8) is 0 Å². The number of aromatic nitrogens is 2. The number of thiazole rings is 1. The maximum absolute atomic E-state index is 11.2. The average Bonchev–Trinajstić information content (AvgIpc) is 2.79. The van der Waals surface area contributed by atoms with Crippen molar-refractivity contribution in [3.05, 3.63) is 33.9 Å². The molecule has 94 valence electrons. The average molecular weight is 327 g/mol. The minimum Gasteiger partial charge on any atom is -0.481 e. The lowest BCUT2D eigenvalue weighted by Gasteiger charge is -2.15. The number of pyridine rings is 1. The summed E-state index contributed by atoms with van der Waals surface area (Å²) in [5.41, 5.74) is 0.290. The van der Waals surface area contributed by atoms with Crippen molar-refractivity contribution in [2.45, 2.75) is 19.3 Å². The van der Waals surface area contributed by atoms with E-state index in [1.807, 2.05) is 12.1 Å². The number of halogens is 1. The Morgan fingerprint density at radius 3 is 2.83 bits per heavy atom. The Balaban J connectivity index is 2.44. The highest BCUT2D eigenvalue weighted by atomic mass is 79.9. The van der Waals surface area contributed by atoms with Crippen LogP contribution in [0.3, 0.4) is 0 Å². The number of carbonyl (C=O) groups is 1. The standard InChI is InChI=1S/C12H11BrN2O2S/c1-12(2,11(16)17)8-6-18-10(15-8)9-7(13)4-3-5-14-9/h3-6H,1-2H3,(H,16,17). The first-order chi connectivity index (χ1) is 8.43. The highest BCUT2D eigenvalue weighted by Crippen LogP contribution is 2.32. The third-order valence-electron chi connectivity index (χ3n) is 2.64. The lowest BCUT2D eigenvalue weighted by molar-refractivity contribution is -0.142. The van der Waals surface area contributed by atoms with E-state index in [1.165, 1.54) is 11.3 Å². The molecule has 2 heterocycles. The van der Waals surface area contributed by atoms with Gasteiger partial charge < -0.3 is 5.11 Å². The van der Waals surface area contributed by atoms with Gasteiger partial charge in [0, 0.05) is 16.0 Å². The maximum atomic E-state index is 11.2. The van der Waals surface area contributed by atoms with E-state index >= 15 is 0 Å².